The molecule has 0 bridgehead atoms. The van der Waals surface area contributed by atoms with Crippen LogP contribution in [0.2, 0.25) is 0 Å². The van der Waals surface area contributed by atoms with E-state index in [2.05, 4.69) is 0 Å². The number of rotatable bonds is 1. The summed E-state index contributed by atoms with van der Waals surface area (Å²) in [6.07, 6.45) is 0. The third-order valence-corrected chi connectivity index (χ3v) is 2.25. The fraction of sp³-hybridized carbons (Fsp3) is 0.222. The molecule has 6 heteroatoms. The Morgan fingerprint density at radius 3 is 2.13 bits per heavy atom. The second-order valence-corrected chi connectivity index (χ2v) is 5.12. The van der Waals surface area contributed by atoms with Gasteiger partial charge < -0.3 is 4.90 Å². The van der Waals surface area contributed by atoms with E-state index in [-0.39, 0.29) is 0 Å². The number of hydrogen-bond acceptors (Lipinski definition) is 1. The predicted molar refractivity (Wildman–Crippen MR) is 60.1 cm³/mol. The minimum absolute atomic E-state index is 0.395. The van der Waals surface area contributed by atoms with Gasteiger partial charge in [0.2, 0.25) is 0 Å². The highest BCUT2D eigenvalue weighted by Crippen LogP contribution is 2.30. The van der Waals surface area contributed by atoms with Gasteiger partial charge in [0.05, 0.1) is 0 Å². The van der Waals surface area contributed by atoms with Gasteiger partial charge in [0.1, 0.15) is 5.82 Å². The largest absolute Gasteiger partial charge is 0.312 e. The van der Waals surface area contributed by atoms with Crippen molar-refractivity contribution >= 4 is 46.4 Å². The third kappa shape index (κ3) is 3.23. The van der Waals surface area contributed by atoms with Crippen molar-refractivity contribution in [3.05, 3.63) is 30.1 Å². The monoisotopic (exact) mass is 269 g/mol. The van der Waals surface area contributed by atoms with Crippen molar-refractivity contribution in [1.29, 1.82) is 0 Å². The molecule has 0 atom stereocenters. The minimum atomic E-state index is -2.01. The maximum atomic E-state index is 12.6. The van der Waals surface area contributed by atoms with E-state index in [1.54, 1.807) is 0 Å². The van der Waals surface area contributed by atoms with Gasteiger partial charge in [-0.15, -0.1) is 0 Å². The zero-order valence-corrected chi connectivity index (χ0v) is 9.94. The number of hydrogen-bond donors (Lipinski definition) is 0. The lowest BCUT2D eigenvalue weighted by molar-refractivity contribution is -0.117. The third-order valence-electron chi connectivity index (χ3n) is 1.76. The Hall–Kier alpha value is -0.510. The first kappa shape index (κ1) is 12.6. The van der Waals surface area contributed by atoms with Crippen LogP contribution < -0.4 is 4.90 Å². The first-order chi connectivity index (χ1) is 6.82. The number of halogens is 4. The van der Waals surface area contributed by atoms with Crippen molar-refractivity contribution in [2.75, 3.05) is 11.9 Å². The molecule has 0 fully saturated rings. The first-order valence-corrected chi connectivity index (χ1v) is 5.06. The fourth-order valence-electron chi connectivity index (χ4n) is 0.972. The van der Waals surface area contributed by atoms with E-state index in [9.17, 15) is 9.18 Å². The lowest BCUT2D eigenvalue weighted by Crippen LogP contribution is -2.36. The summed E-state index contributed by atoms with van der Waals surface area (Å²) < 4.78 is 10.6. The topological polar surface area (TPSA) is 20.3 Å². The molecular formula is C9H7Cl3FNO. The zero-order valence-electron chi connectivity index (χ0n) is 7.68. The summed E-state index contributed by atoms with van der Waals surface area (Å²) in [5.74, 6) is -1.09. The Morgan fingerprint density at radius 1 is 1.27 bits per heavy atom. The van der Waals surface area contributed by atoms with Crippen molar-refractivity contribution < 1.29 is 9.18 Å². The van der Waals surface area contributed by atoms with Gasteiger partial charge in [-0.2, -0.15) is 0 Å². The number of anilines is 1. The molecule has 0 aromatic heterocycles. The van der Waals surface area contributed by atoms with E-state index in [4.69, 9.17) is 34.8 Å². The van der Waals surface area contributed by atoms with Gasteiger partial charge in [-0.3, -0.25) is 4.79 Å². The Kier molecular flexibility index (Phi) is 3.82. The summed E-state index contributed by atoms with van der Waals surface area (Å²) in [4.78, 5) is 12.6. The molecule has 82 valence electrons. The molecule has 1 aromatic carbocycles. The summed E-state index contributed by atoms with van der Waals surface area (Å²) in [7, 11) is 1.44. The van der Waals surface area contributed by atoms with Crippen molar-refractivity contribution in [2.24, 2.45) is 0 Å². The number of amides is 1. The van der Waals surface area contributed by atoms with E-state index in [1.165, 1.54) is 31.3 Å². The van der Waals surface area contributed by atoms with Gasteiger partial charge in [-0.25, -0.2) is 4.39 Å². The van der Waals surface area contributed by atoms with Crippen molar-refractivity contribution in [2.45, 2.75) is 3.79 Å². The molecule has 1 aromatic rings. The lowest BCUT2D eigenvalue weighted by Gasteiger charge is -2.21. The maximum Gasteiger partial charge on any atom is 0.278 e. The van der Waals surface area contributed by atoms with Crippen LogP contribution in [-0.2, 0) is 4.79 Å². The van der Waals surface area contributed by atoms with Crippen LogP contribution in [0.25, 0.3) is 0 Å². The van der Waals surface area contributed by atoms with Crippen LogP contribution in [0, 0.1) is 5.82 Å². The van der Waals surface area contributed by atoms with Crippen molar-refractivity contribution in [3.8, 4) is 0 Å². The predicted octanol–water partition coefficient (Wildman–Crippen LogP) is 3.16. The highest BCUT2D eigenvalue weighted by Gasteiger charge is 2.34. The van der Waals surface area contributed by atoms with E-state index >= 15 is 0 Å². The second-order valence-electron chi connectivity index (χ2n) is 2.84. The van der Waals surface area contributed by atoms with E-state index in [0.29, 0.717) is 5.69 Å². The highest BCUT2D eigenvalue weighted by molar-refractivity contribution is 6.76. The summed E-state index contributed by atoms with van der Waals surface area (Å²) >= 11 is 16.3. The van der Waals surface area contributed by atoms with Crippen molar-refractivity contribution in [1.82, 2.24) is 0 Å². The van der Waals surface area contributed by atoms with E-state index < -0.39 is 15.5 Å². The summed E-state index contributed by atoms with van der Waals surface area (Å²) in [6.45, 7) is 0. The molecular weight excluding hydrogens is 263 g/mol. The van der Waals surface area contributed by atoms with Gasteiger partial charge >= 0.3 is 0 Å². The van der Waals surface area contributed by atoms with Crippen LogP contribution in [0.15, 0.2) is 24.3 Å². The van der Waals surface area contributed by atoms with Crippen LogP contribution in [-0.4, -0.2) is 16.7 Å². The fourth-order valence-corrected chi connectivity index (χ4v) is 1.35. The number of carbonyl (C=O) groups is 1. The van der Waals surface area contributed by atoms with Crippen LogP contribution in [0.1, 0.15) is 0 Å². The quantitative estimate of drug-likeness (QED) is 0.718. The Balaban J connectivity index is 2.90. The molecule has 0 unspecified atom stereocenters. The molecule has 15 heavy (non-hydrogen) atoms. The van der Waals surface area contributed by atoms with Crippen molar-refractivity contribution in [3.63, 3.8) is 0 Å². The van der Waals surface area contributed by atoms with Crippen LogP contribution in [0.3, 0.4) is 0 Å². The second kappa shape index (κ2) is 4.56. The Labute approximate surface area is 102 Å². The average molecular weight is 271 g/mol. The number of carbonyl (C=O) groups excluding carboxylic acids is 1. The summed E-state index contributed by atoms with van der Waals surface area (Å²) in [5.41, 5.74) is 0.452. The molecule has 0 saturated carbocycles. The summed E-state index contributed by atoms with van der Waals surface area (Å²) in [5, 5.41) is 0. The number of benzene rings is 1. The van der Waals surface area contributed by atoms with Crippen LogP contribution in [0.4, 0.5) is 10.1 Å². The van der Waals surface area contributed by atoms with Gasteiger partial charge in [0.15, 0.2) is 0 Å². The van der Waals surface area contributed by atoms with E-state index in [0.717, 1.165) is 4.90 Å². The smallest absolute Gasteiger partial charge is 0.278 e. The molecule has 0 aliphatic carbocycles. The molecule has 0 heterocycles. The average Bonchev–Trinajstić information content (AvgIpc) is 2.15. The first-order valence-electron chi connectivity index (χ1n) is 3.93. The molecule has 1 amide bonds. The molecule has 0 radical (unpaired) electrons. The van der Waals surface area contributed by atoms with Crippen LogP contribution >= 0.6 is 34.8 Å². The van der Waals surface area contributed by atoms with Gasteiger partial charge in [0.25, 0.3) is 9.70 Å². The van der Waals surface area contributed by atoms with Gasteiger partial charge in [-0.05, 0) is 24.3 Å². The van der Waals surface area contributed by atoms with Crippen LogP contribution in [0.5, 0.6) is 0 Å². The molecule has 0 N–H and O–H groups in total. The Morgan fingerprint density at radius 2 is 1.73 bits per heavy atom. The van der Waals surface area contributed by atoms with Gasteiger partial charge in [-0.1, -0.05) is 34.8 Å². The molecule has 2 nitrogen and oxygen atoms in total. The standard InChI is InChI=1S/C9H7Cl3FNO/c1-14(8(15)9(10,11)12)7-4-2-6(13)3-5-7/h2-5H,1H3. The molecule has 0 saturated heterocycles. The SMILES string of the molecule is CN(C(=O)C(Cl)(Cl)Cl)c1ccc(F)cc1. The molecule has 0 spiro atoms. The maximum absolute atomic E-state index is 12.6. The van der Waals surface area contributed by atoms with E-state index in [1.807, 2.05) is 0 Å². The normalized spacial score (nSPS) is 11.3. The highest BCUT2D eigenvalue weighted by atomic mass is 35.6. The lowest BCUT2D eigenvalue weighted by atomic mass is 10.3. The zero-order chi connectivity index (χ0) is 11.6. The molecule has 0 aliphatic heterocycles. The molecule has 0 aliphatic rings. The minimum Gasteiger partial charge on any atom is -0.312 e. The number of nitrogens with zero attached hydrogens (tertiary/aromatic N) is 1. The molecule has 1 rings (SSSR count). The van der Waals surface area contributed by atoms with Gasteiger partial charge in [0, 0.05) is 12.7 Å². The Bertz CT molecular complexity index is 361. The number of alkyl halides is 3. The summed E-state index contributed by atoms with van der Waals surface area (Å²) in [6, 6.07) is 5.28.